The molecule has 82 valence electrons. The molecule has 0 spiro atoms. The van der Waals surface area contributed by atoms with Crippen molar-refractivity contribution >= 4 is 5.82 Å². The number of aromatic nitrogens is 2. The van der Waals surface area contributed by atoms with E-state index >= 15 is 0 Å². The third-order valence-electron chi connectivity index (χ3n) is 2.24. The number of rotatable bonds is 4. The molecule has 1 aromatic carbocycles. The molecule has 0 saturated heterocycles. The number of phenols is 1. The minimum Gasteiger partial charge on any atom is -0.508 e. The standard InChI is InChI=1S/C12H13N3O/c16-11-3-1-10(2-4-11)5-8-14-12-6-7-13-9-15-12/h1-4,6-7,9,16H,5,8H2,(H,13,14,15). The first-order valence-corrected chi connectivity index (χ1v) is 5.12. The Morgan fingerprint density at radius 1 is 1.12 bits per heavy atom. The van der Waals surface area contributed by atoms with Crippen LogP contribution in [0.4, 0.5) is 5.82 Å². The van der Waals surface area contributed by atoms with Crippen LogP contribution in [0.2, 0.25) is 0 Å². The second-order valence-electron chi connectivity index (χ2n) is 3.44. The molecule has 0 saturated carbocycles. The van der Waals surface area contributed by atoms with Gasteiger partial charge in [0.25, 0.3) is 0 Å². The Kier molecular flexibility index (Phi) is 3.33. The summed E-state index contributed by atoms with van der Waals surface area (Å²) >= 11 is 0. The third-order valence-corrected chi connectivity index (χ3v) is 2.24. The van der Waals surface area contributed by atoms with E-state index in [4.69, 9.17) is 5.11 Å². The van der Waals surface area contributed by atoms with Crippen molar-refractivity contribution in [3.05, 3.63) is 48.4 Å². The molecule has 0 aliphatic rings. The van der Waals surface area contributed by atoms with Gasteiger partial charge < -0.3 is 10.4 Å². The highest BCUT2D eigenvalue weighted by molar-refractivity contribution is 5.32. The lowest BCUT2D eigenvalue weighted by molar-refractivity contribution is 0.475. The highest BCUT2D eigenvalue weighted by Gasteiger charge is 1.94. The second kappa shape index (κ2) is 5.11. The number of anilines is 1. The zero-order valence-electron chi connectivity index (χ0n) is 8.80. The molecule has 0 unspecified atom stereocenters. The average molecular weight is 215 g/mol. The summed E-state index contributed by atoms with van der Waals surface area (Å²) in [6.45, 7) is 0.807. The maximum Gasteiger partial charge on any atom is 0.129 e. The molecule has 1 heterocycles. The Bertz CT molecular complexity index is 428. The first kappa shape index (κ1) is 10.4. The van der Waals surface area contributed by atoms with Crippen LogP contribution >= 0.6 is 0 Å². The van der Waals surface area contributed by atoms with Gasteiger partial charge in [-0.3, -0.25) is 0 Å². The quantitative estimate of drug-likeness (QED) is 0.817. The van der Waals surface area contributed by atoms with Crippen molar-refractivity contribution in [1.29, 1.82) is 0 Å². The van der Waals surface area contributed by atoms with Crippen molar-refractivity contribution in [1.82, 2.24) is 9.97 Å². The third kappa shape index (κ3) is 2.95. The van der Waals surface area contributed by atoms with Crippen molar-refractivity contribution in [3.63, 3.8) is 0 Å². The van der Waals surface area contributed by atoms with Gasteiger partial charge in [0.05, 0.1) is 0 Å². The minimum atomic E-state index is 0.299. The monoisotopic (exact) mass is 215 g/mol. The molecule has 0 atom stereocenters. The Hall–Kier alpha value is -2.10. The van der Waals surface area contributed by atoms with Gasteiger partial charge in [0.1, 0.15) is 17.9 Å². The molecule has 0 radical (unpaired) electrons. The molecule has 2 N–H and O–H groups in total. The lowest BCUT2D eigenvalue weighted by Gasteiger charge is -2.04. The van der Waals surface area contributed by atoms with E-state index in [0.717, 1.165) is 18.8 Å². The Morgan fingerprint density at radius 2 is 1.94 bits per heavy atom. The molecule has 0 aliphatic heterocycles. The molecule has 4 heteroatoms. The molecule has 2 rings (SSSR count). The molecule has 0 fully saturated rings. The average Bonchev–Trinajstić information content (AvgIpc) is 2.33. The molecule has 4 nitrogen and oxygen atoms in total. The van der Waals surface area contributed by atoms with E-state index in [-0.39, 0.29) is 0 Å². The summed E-state index contributed by atoms with van der Waals surface area (Å²) in [5, 5.41) is 12.3. The Labute approximate surface area is 94.0 Å². The number of aromatic hydroxyl groups is 1. The topological polar surface area (TPSA) is 58.0 Å². The van der Waals surface area contributed by atoms with E-state index in [1.54, 1.807) is 18.3 Å². The number of nitrogens with one attached hydrogen (secondary N) is 1. The van der Waals surface area contributed by atoms with Gasteiger partial charge in [0, 0.05) is 12.7 Å². The largest absolute Gasteiger partial charge is 0.508 e. The Balaban J connectivity index is 1.82. The molecular formula is C12H13N3O. The van der Waals surface area contributed by atoms with Crippen molar-refractivity contribution in [2.45, 2.75) is 6.42 Å². The number of hydrogen-bond acceptors (Lipinski definition) is 4. The molecule has 2 aromatic rings. The maximum atomic E-state index is 9.13. The molecule has 0 aliphatic carbocycles. The molecule has 16 heavy (non-hydrogen) atoms. The summed E-state index contributed by atoms with van der Waals surface area (Å²) in [6, 6.07) is 9.05. The van der Waals surface area contributed by atoms with Crippen molar-refractivity contribution in [2.75, 3.05) is 11.9 Å². The first-order chi connectivity index (χ1) is 7.84. The van der Waals surface area contributed by atoms with Gasteiger partial charge in [-0.15, -0.1) is 0 Å². The predicted molar refractivity (Wildman–Crippen MR) is 62.3 cm³/mol. The fourth-order valence-electron chi connectivity index (χ4n) is 1.39. The van der Waals surface area contributed by atoms with E-state index < -0.39 is 0 Å². The van der Waals surface area contributed by atoms with Gasteiger partial charge in [-0.05, 0) is 30.2 Å². The zero-order valence-corrected chi connectivity index (χ0v) is 8.80. The summed E-state index contributed by atoms with van der Waals surface area (Å²) < 4.78 is 0. The molecule has 0 bridgehead atoms. The number of phenolic OH excluding ortho intramolecular Hbond substituents is 1. The molecular weight excluding hydrogens is 202 g/mol. The number of nitrogens with zero attached hydrogens (tertiary/aromatic N) is 2. The van der Waals surface area contributed by atoms with E-state index in [0.29, 0.717) is 5.75 Å². The Morgan fingerprint density at radius 3 is 2.62 bits per heavy atom. The fourth-order valence-corrected chi connectivity index (χ4v) is 1.39. The van der Waals surface area contributed by atoms with Crippen LogP contribution < -0.4 is 5.32 Å². The van der Waals surface area contributed by atoms with Crippen LogP contribution in [0.15, 0.2) is 42.9 Å². The summed E-state index contributed by atoms with van der Waals surface area (Å²) in [4.78, 5) is 7.90. The van der Waals surface area contributed by atoms with Gasteiger partial charge in [-0.25, -0.2) is 9.97 Å². The number of hydrogen-bond donors (Lipinski definition) is 2. The van der Waals surface area contributed by atoms with Crippen LogP contribution in [0.5, 0.6) is 5.75 Å². The lowest BCUT2D eigenvalue weighted by Crippen LogP contribution is -2.05. The van der Waals surface area contributed by atoms with Crippen LogP contribution in [0.3, 0.4) is 0 Å². The summed E-state index contributed by atoms with van der Waals surface area (Å²) in [5.41, 5.74) is 1.18. The van der Waals surface area contributed by atoms with E-state index in [2.05, 4.69) is 15.3 Å². The highest BCUT2D eigenvalue weighted by Crippen LogP contribution is 2.10. The van der Waals surface area contributed by atoms with Crippen molar-refractivity contribution in [3.8, 4) is 5.75 Å². The van der Waals surface area contributed by atoms with Crippen LogP contribution in [0.25, 0.3) is 0 Å². The van der Waals surface area contributed by atoms with Gasteiger partial charge in [0.2, 0.25) is 0 Å². The summed E-state index contributed by atoms with van der Waals surface area (Å²) in [6.07, 6.45) is 4.11. The SMILES string of the molecule is Oc1ccc(CCNc2ccncn2)cc1. The van der Waals surface area contributed by atoms with Gasteiger partial charge in [0.15, 0.2) is 0 Å². The smallest absolute Gasteiger partial charge is 0.129 e. The fraction of sp³-hybridized carbons (Fsp3) is 0.167. The van der Waals surface area contributed by atoms with Crippen molar-refractivity contribution < 1.29 is 5.11 Å². The summed E-state index contributed by atoms with van der Waals surface area (Å²) in [5.74, 6) is 1.13. The lowest BCUT2D eigenvalue weighted by atomic mass is 10.1. The highest BCUT2D eigenvalue weighted by atomic mass is 16.3. The van der Waals surface area contributed by atoms with Gasteiger partial charge in [-0.2, -0.15) is 0 Å². The van der Waals surface area contributed by atoms with Gasteiger partial charge >= 0.3 is 0 Å². The first-order valence-electron chi connectivity index (χ1n) is 5.12. The van der Waals surface area contributed by atoms with Crippen LogP contribution in [0, 0.1) is 0 Å². The van der Waals surface area contributed by atoms with Crippen LogP contribution in [-0.2, 0) is 6.42 Å². The van der Waals surface area contributed by atoms with Crippen LogP contribution in [-0.4, -0.2) is 21.6 Å². The van der Waals surface area contributed by atoms with Crippen LogP contribution in [0.1, 0.15) is 5.56 Å². The normalized spacial score (nSPS) is 10.0. The zero-order chi connectivity index (χ0) is 11.2. The maximum absolute atomic E-state index is 9.13. The second-order valence-corrected chi connectivity index (χ2v) is 3.44. The molecule has 1 aromatic heterocycles. The van der Waals surface area contributed by atoms with Gasteiger partial charge in [-0.1, -0.05) is 12.1 Å². The van der Waals surface area contributed by atoms with E-state index in [1.165, 1.54) is 11.9 Å². The van der Waals surface area contributed by atoms with E-state index in [1.807, 2.05) is 18.2 Å². The van der Waals surface area contributed by atoms with Crippen molar-refractivity contribution in [2.24, 2.45) is 0 Å². The minimum absolute atomic E-state index is 0.299. The molecule has 0 amide bonds. The number of benzene rings is 1. The van der Waals surface area contributed by atoms with E-state index in [9.17, 15) is 0 Å². The predicted octanol–water partition coefficient (Wildman–Crippen LogP) is 1.84. The summed E-state index contributed by atoms with van der Waals surface area (Å²) in [7, 11) is 0.